The number of fused-ring (bicyclic) bond motifs is 5. The van der Waals surface area contributed by atoms with Gasteiger partial charge in [0.25, 0.3) is 0 Å². The lowest BCUT2D eigenvalue weighted by molar-refractivity contribution is -0.0875. The summed E-state index contributed by atoms with van der Waals surface area (Å²) >= 11 is 0. The summed E-state index contributed by atoms with van der Waals surface area (Å²) in [6.45, 7) is 21.9. The molecule has 0 spiro atoms. The van der Waals surface area contributed by atoms with E-state index >= 15 is 0 Å². The lowest BCUT2D eigenvalue weighted by Gasteiger charge is -2.61. The molecule has 0 aliphatic heterocycles. The Labute approximate surface area is 232 Å². The third-order valence-electron chi connectivity index (χ3n) is 13.0. The summed E-state index contributed by atoms with van der Waals surface area (Å²) in [4.78, 5) is 0. The summed E-state index contributed by atoms with van der Waals surface area (Å²) < 4.78 is 14.8. The van der Waals surface area contributed by atoms with Crippen LogP contribution in [-0.4, -0.2) is 28.8 Å². The Bertz CT molecular complexity index is 840. The first kappa shape index (κ1) is 29.8. The van der Waals surface area contributed by atoms with Crippen LogP contribution < -0.4 is 0 Å². The standard InChI is InChI=1S/C33H60O2Si2/c1-10-25-18-20-29-28-19-17-26-23-27(34-36(11-2,12-3)13-4)24-31(35-37(14-5,15-6)16-7)33(26,9)30(28)21-22-32(25,29)8/h10,17,27-31H,11-16,18-24H2,1-9H3/t27-,28+,29+,30+,31+,32-,33+/m1/s1. The molecule has 4 aliphatic carbocycles. The molecule has 0 saturated heterocycles. The third-order valence-corrected chi connectivity index (χ3v) is 22.4. The van der Waals surface area contributed by atoms with Gasteiger partial charge in [0.05, 0.1) is 12.2 Å². The van der Waals surface area contributed by atoms with Gasteiger partial charge in [-0.1, -0.05) is 78.7 Å². The van der Waals surface area contributed by atoms with E-state index in [1.807, 2.05) is 0 Å². The van der Waals surface area contributed by atoms with Crippen LogP contribution in [0.5, 0.6) is 0 Å². The van der Waals surface area contributed by atoms with Gasteiger partial charge >= 0.3 is 0 Å². The molecule has 7 atom stereocenters. The predicted octanol–water partition coefficient (Wildman–Crippen LogP) is 10.3. The summed E-state index contributed by atoms with van der Waals surface area (Å²) in [5.41, 5.74) is 4.11. The lowest BCUT2D eigenvalue weighted by Crippen LogP contribution is -2.59. The van der Waals surface area contributed by atoms with E-state index in [1.165, 1.54) is 68.4 Å². The van der Waals surface area contributed by atoms with E-state index in [9.17, 15) is 0 Å². The molecule has 4 rings (SSSR count). The normalized spacial score (nSPS) is 39.2. The molecule has 0 N–H and O–H groups in total. The first-order valence-corrected chi connectivity index (χ1v) is 21.4. The average molecular weight is 545 g/mol. The van der Waals surface area contributed by atoms with Crippen molar-refractivity contribution in [3.8, 4) is 0 Å². The van der Waals surface area contributed by atoms with Gasteiger partial charge < -0.3 is 8.85 Å². The van der Waals surface area contributed by atoms with Gasteiger partial charge in [-0.15, -0.1) is 0 Å². The third kappa shape index (κ3) is 4.86. The molecule has 37 heavy (non-hydrogen) atoms. The zero-order chi connectivity index (χ0) is 27.1. The van der Waals surface area contributed by atoms with Crippen molar-refractivity contribution in [1.82, 2.24) is 0 Å². The minimum Gasteiger partial charge on any atom is -0.414 e. The summed E-state index contributed by atoms with van der Waals surface area (Å²) in [6, 6.07) is 7.47. The molecule has 0 bridgehead atoms. The van der Waals surface area contributed by atoms with E-state index in [1.54, 1.807) is 11.1 Å². The average Bonchev–Trinajstić information content (AvgIpc) is 3.27. The van der Waals surface area contributed by atoms with Crippen molar-refractivity contribution < 1.29 is 8.85 Å². The highest BCUT2D eigenvalue weighted by atomic mass is 28.4. The second-order valence-corrected chi connectivity index (χ2v) is 23.2. The number of hydrogen-bond donors (Lipinski definition) is 0. The molecule has 0 aromatic carbocycles. The largest absolute Gasteiger partial charge is 0.414 e. The van der Waals surface area contributed by atoms with Crippen LogP contribution in [0.4, 0.5) is 0 Å². The van der Waals surface area contributed by atoms with Crippen molar-refractivity contribution >= 4 is 16.6 Å². The van der Waals surface area contributed by atoms with Crippen molar-refractivity contribution in [2.45, 2.75) is 156 Å². The molecule has 3 fully saturated rings. The van der Waals surface area contributed by atoms with Crippen molar-refractivity contribution in [3.05, 3.63) is 23.3 Å². The van der Waals surface area contributed by atoms with E-state index < -0.39 is 16.6 Å². The summed E-state index contributed by atoms with van der Waals surface area (Å²) in [5, 5.41) is 0. The Hall–Kier alpha value is -0.166. The van der Waals surface area contributed by atoms with E-state index in [0.29, 0.717) is 17.6 Å². The number of rotatable bonds is 10. The zero-order valence-electron chi connectivity index (χ0n) is 26.1. The van der Waals surface area contributed by atoms with Crippen LogP contribution in [0.15, 0.2) is 23.3 Å². The summed E-state index contributed by atoms with van der Waals surface area (Å²) in [6.07, 6.45) is 15.0. The van der Waals surface area contributed by atoms with Gasteiger partial charge in [-0.2, -0.15) is 0 Å². The van der Waals surface area contributed by atoms with Gasteiger partial charge in [0.2, 0.25) is 0 Å². The first-order valence-electron chi connectivity index (χ1n) is 16.3. The van der Waals surface area contributed by atoms with Crippen LogP contribution in [0.3, 0.4) is 0 Å². The highest BCUT2D eigenvalue weighted by molar-refractivity contribution is 6.74. The Morgan fingerprint density at radius 3 is 2.03 bits per heavy atom. The maximum absolute atomic E-state index is 7.59. The second-order valence-electron chi connectivity index (χ2n) is 13.7. The van der Waals surface area contributed by atoms with Crippen LogP contribution in [0, 0.1) is 28.6 Å². The van der Waals surface area contributed by atoms with Crippen LogP contribution >= 0.6 is 0 Å². The molecule has 212 valence electrons. The minimum atomic E-state index is -1.74. The molecule has 0 aromatic rings. The molecule has 0 unspecified atom stereocenters. The van der Waals surface area contributed by atoms with E-state index in [-0.39, 0.29) is 5.41 Å². The van der Waals surface area contributed by atoms with Gasteiger partial charge in [0.15, 0.2) is 16.6 Å². The Kier molecular flexibility index (Phi) is 9.16. The smallest absolute Gasteiger partial charge is 0.192 e. The van der Waals surface area contributed by atoms with Crippen LogP contribution in [0.2, 0.25) is 36.3 Å². The predicted molar refractivity (Wildman–Crippen MR) is 165 cm³/mol. The molecular weight excluding hydrogens is 485 g/mol. The van der Waals surface area contributed by atoms with Gasteiger partial charge in [-0.25, -0.2) is 0 Å². The summed E-state index contributed by atoms with van der Waals surface area (Å²) in [5.74, 6) is 2.45. The topological polar surface area (TPSA) is 18.5 Å². The van der Waals surface area contributed by atoms with E-state index in [2.05, 4.69) is 74.5 Å². The maximum atomic E-state index is 7.59. The first-order chi connectivity index (χ1) is 17.6. The fourth-order valence-corrected chi connectivity index (χ4v) is 15.7. The molecular formula is C33H60O2Si2. The SMILES string of the molecule is CC=C1CC[C@H]2[C@@H]3CC=C4C[C@@H](O[Si](CC)(CC)CC)C[C@H](O[Si](CC)(CC)CC)[C@]4(C)[C@H]3CC[C@]12C. The van der Waals surface area contributed by atoms with E-state index in [4.69, 9.17) is 8.85 Å². The van der Waals surface area contributed by atoms with Crippen molar-refractivity contribution in [2.75, 3.05) is 0 Å². The lowest BCUT2D eigenvalue weighted by atomic mass is 9.47. The van der Waals surface area contributed by atoms with Crippen LogP contribution in [0.25, 0.3) is 0 Å². The number of hydrogen-bond acceptors (Lipinski definition) is 2. The molecule has 0 radical (unpaired) electrons. The quantitative estimate of drug-likeness (QED) is 0.201. The van der Waals surface area contributed by atoms with E-state index in [0.717, 1.165) is 30.6 Å². The fourth-order valence-electron chi connectivity index (χ4n) is 9.90. The molecule has 0 heterocycles. The maximum Gasteiger partial charge on any atom is 0.192 e. The van der Waals surface area contributed by atoms with Crippen molar-refractivity contribution in [2.24, 2.45) is 28.6 Å². The molecule has 2 nitrogen and oxygen atoms in total. The van der Waals surface area contributed by atoms with Gasteiger partial charge in [0.1, 0.15) is 0 Å². The Balaban J connectivity index is 1.72. The minimum absolute atomic E-state index is 0.190. The fraction of sp³-hybridized carbons (Fsp3) is 0.879. The zero-order valence-corrected chi connectivity index (χ0v) is 28.1. The van der Waals surface area contributed by atoms with Crippen LogP contribution in [0.1, 0.15) is 107 Å². The number of allylic oxidation sites excluding steroid dienone is 3. The van der Waals surface area contributed by atoms with Gasteiger partial charge in [0, 0.05) is 5.41 Å². The molecule has 4 heteroatoms. The van der Waals surface area contributed by atoms with Crippen LogP contribution in [-0.2, 0) is 8.85 Å². The molecule has 3 saturated carbocycles. The highest BCUT2D eigenvalue weighted by Crippen LogP contribution is 2.66. The van der Waals surface area contributed by atoms with Gasteiger partial charge in [-0.3, -0.25) is 0 Å². The Morgan fingerprint density at radius 1 is 0.865 bits per heavy atom. The monoisotopic (exact) mass is 544 g/mol. The van der Waals surface area contributed by atoms with Crippen molar-refractivity contribution in [3.63, 3.8) is 0 Å². The Morgan fingerprint density at radius 2 is 1.46 bits per heavy atom. The molecule has 0 amide bonds. The summed E-state index contributed by atoms with van der Waals surface area (Å²) in [7, 11) is -3.39. The second kappa shape index (κ2) is 11.4. The highest BCUT2D eigenvalue weighted by Gasteiger charge is 2.60. The molecule has 0 aromatic heterocycles. The molecule has 4 aliphatic rings. The van der Waals surface area contributed by atoms with Gasteiger partial charge in [-0.05, 0) is 111 Å². The van der Waals surface area contributed by atoms with Crippen molar-refractivity contribution in [1.29, 1.82) is 0 Å².